The molecule has 7 aliphatic rings. The van der Waals surface area contributed by atoms with Gasteiger partial charge in [-0.05, 0) is 70.6 Å². The van der Waals surface area contributed by atoms with Gasteiger partial charge in [0.15, 0.2) is 0 Å². The molecule has 3 saturated carbocycles. The Morgan fingerprint density at radius 1 is 0.394 bits per heavy atom. The van der Waals surface area contributed by atoms with Gasteiger partial charge in [0.05, 0.1) is 0 Å². The normalized spacial score (nSPS) is 25.8. The van der Waals surface area contributed by atoms with E-state index in [0.717, 1.165) is 13.2 Å². The zero-order valence-electron chi connectivity index (χ0n) is 18.6. The number of hydrogen-bond acceptors (Lipinski definition) is 1. The summed E-state index contributed by atoms with van der Waals surface area (Å²) in [6.45, 7) is 2.00. The van der Waals surface area contributed by atoms with Gasteiger partial charge < -0.3 is 4.74 Å². The van der Waals surface area contributed by atoms with Crippen molar-refractivity contribution in [3.8, 4) is 0 Å². The van der Waals surface area contributed by atoms with Gasteiger partial charge >= 0.3 is 0 Å². The zero-order chi connectivity index (χ0) is 21.8. The van der Waals surface area contributed by atoms with Crippen molar-refractivity contribution >= 4 is 0 Å². The summed E-state index contributed by atoms with van der Waals surface area (Å²) >= 11 is 0. The molecule has 0 spiro atoms. The SMILES string of the molecule is C1CCOC1.[CH]1[CH][C]2C=CC=C[C]2[CH]1.[CH]1[CH][C]2C=CC=C[C]2[CH]1.[CH]1[CH][C]2C=CC=C[C]2[CH]1.[Yb]. The first-order chi connectivity index (χ1) is 15.9. The maximum Gasteiger partial charge on any atom is 0.0466 e. The molecule has 1 saturated heterocycles. The molecule has 0 aromatic heterocycles. The molecule has 0 amide bonds. The molecule has 33 heavy (non-hydrogen) atoms. The summed E-state index contributed by atoms with van der Waals surface area (Å²) in [4.78, 5) is 0. The number of allylic oxidation sites excluding steroid dienone is 12. The molecule has 0 atom stereocenters. The van der Waals surface area contributed by atoms with Crippen LogP contribution in [0.3, 0.4) is 0 Å². The van der Waals surface area contributed by atoms with E-state index in [1.54, 1.807) is 0 Å². The van der Waals surface area contributed by atoms with E-state index in [9.17, 15) is 0 Å². The quantitative estimate of drug-likeness (QED) is 0.315. The van der Waals surface area contributed by atoms with E-state index >= 15 is 0 Å². The molecular formula is C31H29OYb. The van der Waals surface area contributed by atoms with Crippen molar-refractivity contribution in [3.63, 3.8) is 0 Å². The van der Waals surface area contributed by atoms with E-state index < -0.39 is 0 Å². The van der Waals surface area contributed by atoms with Gasteiger partial charge in [-0.2, -0.15) is 0 Å². The predicted octanol–water partition coefficient (Wildman–Crippen LogP) is 6.46. The molecular weight excluding hydrogens is 561 g/mol. The van der Waals surface area contributed by atoms with Crippen LogP contribution in [0, 0.1) is 140 Å². The van der Waals surface area contributed by atoms with Crippen molar-refractivity contribution in [1.29, 1.82) is 0 Å². The minimum absolute atomic E-state index is 0. The molecule has 7 rings (SSSR count). The van der Waals surface area contributed by atoms with Crippen molar-refractivity contribution in [2.24, 2.45) is 0 Å². The van der Waals surface area contributed by atoms with E-state index in [1.807, 2.05) is 0 Å². The number of rotatable bonds is 0. The predicted molar refractivity (Wildman–Crippen MR) is 133 cm³/mol. The molecule has 0 bridgehead atoms. The van der Waals surface area contributed by atoms with Crippen molar-refractivity contribution < 1.29 is 51.7 Å². The van der Waals surface area contributed by atoms with Gasteiger partial charge in [-0.15, -0.1) is 0 Å². The number of hydrogen-bond donors (Lipinski definition) is 0. The van der Waals surface area contributed by atoms with E-state index in [4.69, 9.17) is 4.74 Å². The summed E-state index contributed by atoms with van der Waals surface area (Å²) in [5, 5.41) is 0. The first-order valence-electron chi connectivity index (χ1n) is 11.3. The smallest absolute Gasteiger partial charge is 0.0466 e. The van der Waals surface area contributed by atoms with Crippen LogP contribution in [0.4, 0.5) is 0 Å². The molecule has 4 fully saturated rings. The average molecular weight is 591 g/mol. The van der Waals surface area contributed by atoms with Gasteiger partial charge in [-0.1, -0.05) is 72.9 Å². The van der Waals surface area contributed by atoms with Gasteiger partial charge in [-0.25, -0.2) is 0 Å². The summed E-state index contributed by atoms with van der Waals surface area (Å²) in [6, 6.07) is 0. The van der Waals surface area contributed by atoms with E-state index in [2.05, 4.69) is 131 Å². The number of ether oxygens (including phenoxy) is 1. The van der Waals surface area contributed by atoms with Crippen LogP contribution in [0.5, 0.6) is 0 Å². The van der Waals surface area contributed by atoms with E-state index in [-0.39, 0.29) is 46.9 Å². The molecule has 0 aromatic carbocycles. The molecule has 1 heterocycles. The first kappa shape index (κ1) is 27.5. The molecule has 15 radical (unpaired) electrons. The Kier molecular flexibility index (Phi) is 13.2. The molecule has 6 aliphatic carbocycles. The third-order valence-corrected chi connectivity index (χ3v) is 5.47. The first-order valence-corrected chi connectivity index (χ1v) is 11.3. The molecule has 1 nitrogen and oxygen atoms in total. The Morgan fingerprint density at radius 2 is 0.636 bits per heavy atom. The third-order valence-electron chi connectivity index (χ3n) is 5.47. The summed E-state index contributed by atoms with van der Waals surface area (Å²) in [7, 11) is 0. The third kappa shape index (κ3) is 9.14. The Hall–Kier alpha value is -0.0805. The van der Waals surface area contributed by atoms with Gasteiger partial charge in [0.25, 0.3) is 0 Å². The van der Waals surface area contributed by atoms with Crippen LogP contribution in [0.25, 0.3) is 0 Å². The minimum Gasteiger partial charge on any atom is -0.381 e. The fraction of sp³-hybridized carbons (Fsp3) is 0.129. The Labute approximate surface area is 241 Å². The average Bonchev–Trinajstić information content (AvgIpc) is 3.67. The molecule has 2 heteroatoms. The van der Waals surface area contributed by atoms with Crippen molar-refractivity contribution in [2.75, 3.05) is 13.2 Å². The van der Waals surface area contributed by atoms with Crippen molar-refractivity contribution in [3.05, 3.63) is 166 Å². The monoisotopic (exact) mass is 591 g/mol. The zero-order valence-corrected chi connectivity index (χ0v) is 20.3. The Morgan fingerprint density at radius 3 is 0.818 bits per heavy atom. The van der Waals surface area contributed by atoms with Crippen LogP contribution in [-0.4, -0.2) is 13.2 Å². The van der Waals surface area contributed by atoms with E-state index in [1.165, 1.54) is 48.3 Å². The Bertz CT molecular complexity index is 571. The second-order valence-electron chi connectivity index (χ2n) is 7.78. The molecule has 0 aromatic rings. The topological polar surface area (TPSA) is 9.23 Å². The van der Waals surface area contributed by atoms with Crippen LogP contribution < -0.4 is 0 Å². The molecule has 0 unspecified atom stereocenters. The maximum atomic E-state index is 4.94. The fourth-order valence-corrected chi connectivity index (χ4v) is 3.72. The van der Waals surface area contributed by atoms with Crippen molar-refractivity contribution in [2.45, 2.75) is 12.8 Å². The van der Waals surface area contributed by atoms with Gasteiger partial charge in [0.2, 0.25) is 0 Å². The standard InChI is InChI=1S/3C9H7.C4H8O.Yb/c3*1-2-5-9-7-3-6-8(9)4-1;1-2-4-5-3-1;/h3*1-7H;1-4H2;. The summed E-state index contributed by atoms with van der Waals surface area (Å²) in [6.07, 6.45) is 46.6. The van der Waals surface area contributed by atoms with E-state index in [0.29, 0.717) is 0 Å². The Balaban J connectivity index is 0.000000125. The summed E-state index contributed by atoms with van der Waals surface area (Å²) < 4.78 is 4.94. The van der Waals surface area contributed by atoms with Crippen LogP contribution in [0.2, 0.25) is 0 Å². The molecule has 173 valence electrons. The van der Waals surface area contributed by atoms with Gasteiger partial charge in [0, 0.05) is 95.6 Å². The second kappa shape index (κ2) is 15.8. The minimum atomic E-state index is 0. The van der Waals surface area contributed by atoms with Crippen LogP contribution in [0.1, 0.15) is 12.8 Å². The van der Waals surface area contributed by atoms with Crippen molar-refractivity contribution in [1.82, 2.24) is 0 Å². The van der Waals surface area contributed by atoms with Crippen LogP contribution in [0.15, 0.2) is 72.9 Å². The largest absolute Gasteiger partial charge is 0.381 e. The number of fused-ring (bicyclic) bond motifs is 3. The molecule has 0 N–H and O–H groups in total. The summed E-state index contributed by atoms with van der Waals surface area (Å²) in [5.41, 5.74) is 0. The van der Waals surface area contributed by atoms with Gasteiger partial charge in [0.1, 0.15) is 0 Å². The van der Waals surface area contributed by atoms with Crippen LogP contribution in [-0.2, 0) is 4.74 Å². The second-order valence-corrected chi connectivity index (χ2v) is 7.78. The summed E-state index contributed by atoms with van der Waals surface area (Å²) in [5.74, 6) is 7.99. The van der Waals surface area contributed by atoms with Crippen LogP contribution >= 0.6 is 0 Å². The fourth-order valence-electron chi connectivity index (χ4n) is 3.72. The molecule has 1 aliphatic heterocycles. The van der Waals surface area contributed by atoms with Gasteiger partial charge in [-0.3, -0.25) is 0 Å². The maximum absolute atomic E-state index is 4.94.